The van der Waals surface area contributed by atoms with E-state index in [1.165, 1.54) is 23.1 Å². The monoisotopic (exact) mass is 507 g/mol. The van der Waals surface area contributed by atoms with E-state index in [1.807, 2.05) is 25.1 Å². The Labute approximate surface area is 204 Å². The summed E-state index contributed by atoms with van der Waals surface area (Å²) in [4.78, 5) is 32.0. The summed E-state index contributed by atoms with van der Waals surface area (Å²) >= 11 is 9.77. The maximum absolute atomic E-state index is 13.4. The van der Waals surface area contributed by atoms with Gasteiger partial charge in [-0.3, -0.25) is 19.1 Å². The minimum Gasteiger partial charge on any atom is -0.497 e. The van der Waals surface area contributed by atoms with Crippen molar-refractivity contribution in [3.8, 4) is 5.75 Å². The molecule has 1 saturated heterocycles. The average Bonchev–Trinajstić information content (AvgIpc) is 3.41. The lowest BCUT2D eigenvalue weighted by molar-refractivity contribution is -0.120. The van der Waals surface area contributed by atoms with Crippen LogP contribution in [0.15, 0.2) is 27.9 Å². The number of carbonyl (C=O) groups is 1. The van der Waals surface area contributed by atoms with E-state index in [9.17, 15) is 9.59 Å². The molecule has 0 radical (unpaired) electrons. The first-order valence-corrected chi connectivity index (χ1v) is 13.5. The number of anilines is 1. The van der Waals surface area contributed by atoms with Crippen molar-refractivity contribution in [1.29, 1.82) is 0 Å². The number of thiocarbonyl (C=S) groups is 1. The molecule has 1 fully saturated rings. The van der Waals surface area contributed by atoms with Gasteiger partial charge in [-0.2, -0.15) is 0 Å². The number of unbranched alkanes of at least 4 members (excludes halogenated alkanes) is 1. The van der Waals surface area contributed by atoms with Gasteiger partial charge in [-0.05, 0) is 32.4 Å². The first-order valence-electron chi connectivity index (χ1n) is 10.6. The molecule has 10 heteroatoms. The number of amides is 1. The number of nitrogens with zero attached hydrogens (tertiary/aromatic N) is 3. The number of hydrogen-bond acceptors (Lipinski definition) is 8. The van der Waals surface area contributed by atoms with Gasteiger partial charge in [0.05, 0.1) is 12.8 Å². The predicted octanol–water partition coefficient (Wildman–Crippen LogP) is 3.40. The maximum Gasteiger partial charge on any atom is 0.271 e. The molecule has 0 spiro atoms. The minimum atomic E-state index is -0.0899. The number of carbonyl (C=O) groups excluding carboxylic acids is 1. The van der Waals surface area contributed by atoms with Gasteiger partial charge in [-0.1, -0.05) is 49.1 Å². The van der Waals surface area contributed by atoms with Crippen molar-refractivity contribution in [2.24, 2.45) is 0 Å². The molecule has 170 valence electrons. The Morgan fingerprint density at radius 3 is 2.50 bits per heavy atom. The van der Waals surface area contributed by atoms with Crippen LogP contribution < -0.4 is 24.4 Å². The number of methoxy groups -OCH3 is 1. The largest absolute Gasteiger partial charge is 0.497 e. The third-order valence-corrected chi connectivity index (χ3v) is 9.47. The zero-order valence-electron chi connectivity index (χ0n) is 18.5. The van der Waals surface area contributed by atoms with Crippen LogP contribution in [-0.2, 0) is 11.3 Å². The quantitative estimate of drug-likeness (QED) is 0.556. The van der Waals surface area contributed by atoms with Gasteiger partial charge in [0.15, 0.2) is 0 Å². The van der Waals surface area contributed by atoms with Gasteiger partial charge in [0.2, 0.25) is 0 Å². The van der Waals surface area contributed by atoms with Crippen LogP contribution in [0.1, 0.15) is 33.6 Å². The highest BCUT2D eigenvalue weighted by Gasteiger charge is 2.34. The molecule has 4 rings (SSSR count). The normalized spacial score (nSPS) is 19.2. The van der Waals surface area contributed by atoms with Gasteiger partial charge >= 0.3 is 0 Å². The van der Waals surface area contributed by atoms with Crippen molar-refractivity contribution in [3.63, 3.8) is 0 Å². The Kier molecular flexibility index (Phi) is 7.04. The summed E-state index contributed by atoms with van der Waals surface area (Å²) in [5, 5.41) is 0.903. The molecule has 0 saturated carbocycles. The SMILES string of the molecule is CCCCN1C(=O)C(=c2sc(=C3Sc4ccc(OC)cc4N3CC)c(=O)n2CC)SC1=S. The summed E-state index contributed by atoms with van der Waals surface area (Å²) in [5.41, 5.74) is 0.974. The fourth-order valence-corrected chi connectivity index (χ4v) is 7.71. The van der Waals surface area contributed by atoms with E-state index in [0.717, 1.165) is 40.7 Å². The molecular formula is C22H25N3O3S4. The van der Waals surface area contributed by atoms with Gasteiger partial charge in [-0.15, -0.1) is 11.3 Å². The molecule has 0 aliphatic carbocycles. The molecule has 0 atom stereocenters. The molecule has 6 nitrogen and oxygen atoms in total. The van der Waals surface area contributed by atoms with Crippen molar-refractivity contribution < 1.29 is 9.53 Å². The fraction of sp³-hybridized carbons (Fsp3) is 0.409. The Hall–Kier alpha value is -1.75. The summed E-state index contributed by atoms with van der Waals surface area (Å²) in [6, 6.07) is 5.96. The van der Waals surface area contributed by atoms with E-state index in [2.05, 4.69) is 18.7 Å². The molecule has 0 unspecified atom stereocenters. The molecule has 1 amide bonds. The number of ether oxygens (including phenoxy) is 1. The summed E-state index contributed by atoms with van der Waals surface area (Å²) in [7, 11) is 1.65. The van der Waals surface area contributed by atoms with E-state index in [0.29, 0.717) is 31.5 Å². The third-order valence-electron chi connectivity index (χ3n) is 5.40. The van der Waals surface area contributed by atoms with Crippen LogP contribution in [0.3, 0.4) is 0 Å². The Bertz CT molecular complexity index is 1260. The van der Waals surface area contributed by atoms with E-state index in [-0.39, 0.29) is 11.5 Å². The maximum atomic E-state index is 13.4. The second kappa shape index (κ2) is 9.62. The number of rotatable bonds is 6. The highest BCUT2D eigenvalue weighted by molar-refractivity contribution is 8.30. The molecule has 2 aliphatic heterocycles. The van der Waals surface area contributed by atoms with Crippen LogP contribution in [0.2, 0.25) is 0 Å². The molecule has 1 aromatic carbocycles. The number of thiazole rings is 1. The van der Waals surface area contributed by atoms with Crippen LogP contribution in [0.25, 0.3) is 9.93 Å². The minimum absolute atomic E-state index is 0.0629. The van der Waals surface area contributed by atoms with Gasteiger partial charge in [0.25, 0.3) is 11.5 Å². The van der Waals surface area contributed by atoms with Crippen LogP contribution in [-0.4, -0.2) is 39.9 Å². The van der Waals surface area contributed by atoms with Crippen molar-refractivity contribution in [2.75, 3.05) is 25.1 Å². The van der Waals surface area contributed by atoms with E-state index in [4.69, 9.17) is 17.0 Å². The summed E-state index contributed by atoms with van der Waals surface area (Å²) in [6.07, 6.45) is 1.89. The average molecular weight is 508 g/mol. The Balaban J connectivity index is 1.90. The van der Waals surface area contributed by atoms with Crippen LogP contribution >= 0.6 is 47.1 Å². The van der Waals surface area contributed by atoms with Crippen molar-refractivity contribution in [3.05, 3.63) is 37.7 Å². The highest BCUT2D eigenvalue weighted by atomic mass is 32.2. The molecule has 2 aromatic rings. The standard InChI is InChI=1S/C22H25N3O3S4/c1-5-8-11-25-19(27)17(32-22(25)29)21-24(7-3)18(26)16(31-21)20-23(6-2)14-12-13(28-4)9-10-15(14)30-20/h9-10,12H,5-8,11H2,1-4H3. The Morgan fingerprint density at radius 1 is 1.06 bits per heavy atom. The van der Waals surface area contributed by atoms with Crippen LogP contribution in [0.5, 0.6) is 5.75 Å². The van der Waals surface area contributed by atoms with E-state index in [1.54, 1.807) is 28.3 Å². The van der Waals surface area contributed by atoms with Crippen molar-refractivity contribution >= 4 is 72.9 Å². The molecular weight excluding hydrogens is 483 g/mol. The second-order valence-electron chi connectivity index (χ2n) is 7.28. The second-order valence-corrected chi connectivity index (χ2v) is 11.0. The summed E-state index contributed by atoms with van der Waals surface area (Å²) in [6.45, 7) is 7.92. The lowest BCUT2D eigenvalue weighted by atomic mass is 10.2. The van der Waals surface area contributed by atoms with Gasteiger partial charge in [0.1, 0.15) is 29.2 Å². The zero-order chi connectivity index (χ0) is 23.0. The molecule has 32 heavy (non-hydrogen) atoms. The first kappa shape index (κ1) is 23.4. The number of aromatic nitrogens is 1. The summed E-state index contributed by atoms with van der Waals surface area (Å²) < 4.78 is 9.02. The highest BCUT2D eigenvalue weighted by Crippen LogP contribution is 2.47. The van der Waals surface area contributed by atoms with E-state index >= 15 is 0 Å². The Morgan fingerprint density at radius 2 is 1.84 bits per heavy atom. The third kappa shape index (κ3) is 3.91. The predicted molar refractivity (Wildman–Crippen MR) is 139 cm³/mol. The number of fused-ring (bicyclic) bond motifs is 1. The fourth-order valence-electron chi connectivity index (χ4n) is 3.71. The van der Waals surface area contributed by atoms with Crippen molar-refractivity contribution in [2.45, 2.75) is 45.1 Å². The topological polar surface area (TPSA) is 54.8 Å². The smallest absolute Gasteiger partial charge is 0.271 e. The van der Waals surface area contributed by atoms with Crippen molar-refractivity contribution in [1.82, 2.24) is 9.47 Å². The molecule has 2 aliphatic rings. The van der Waals surface area contributed by atoms with E-state index < -0.39 is 0 Å². The van der Waals surface area contributed by atoms with Crippen LogP contribution in [0.4, 0.5) is 5.69 Å². The van der Waals surface area contributed by atoms with Gasteiger partial charge < -0.3 is 9.64 Å². The first-order chi connectivity index (χ1) is 15.4. The molecule has 0 bridgehead atoms. The lowest BCUT2D eigenvalue weighted by Gasteiger charge is -2.17. The number of thioether (sulfide) groups is 2. The summed E-state index contributed by atoms with van der Waals surface area (Å²) in [5.74, 6) is 0.693. The molecule has 0 N–H and O–H groups in total. The number of hydrogen-bond donors (Lipinski definition) is 0. The zero-order valence-corrected chi connectivity index (χ0v) is 21.7. The lowest BCUT2D eigenvalue weighted by Crippen LogP contribution is -2.35. The molecule has 1 aromatic heterocycles. The van der Waals surface area contributed by atoms with Crippen LogP contribution in [0, 0.1) is 0 Å². The van der Waals surface area contributed by atoms with Gasteiger partial charge in [0, 0.05) is 30.6 Å². The molecule has 3 heterocycles. The number of benzene rings is 1. The van der Waals surface area contributed by atoms with Gasteiger partial charge in [-0.25, -0.2) is 0 Å².